The summed E-state index contributed by atoms with van der Waals surface area (Å²) in [6, 6.07) is 2.73. The molecule has 1 aliphatic heterocycles. The number of fused-ring (bicyclic) bond motifs is 1. The summed E-state index contributed by atoms with van der Waals surface area (Å²) >= 11 is 0. The van der Waals surface area contributed by atoms with Crippen LogP contribution in [0.1, 0.15) is 43.0 Å². The predicted octanol–water partition coefficient (Wildman–Crippen LogP) is 3.30. The number of carbonyl (C=O) groups excluding carboxylic acids is 2. The van der Waals surface area contributed by atoms with Crippen molar-refractivity contribution in [2.75, 3.05) is 26.8 Å². The number of aromatic nitrogens is 3. The predicted molar refractivity (Wildman–Crippen MR) is 127 cm³/mol. The van der Waals surface area contributed by atoms with Crippen LogP contribution in [0.3, 0.4) is 0 Å². The number of amides is 2. The van der Waals surface area contributed by atoms with Crippen molar-refractivity contribution in [3.63, 3.8) is 0 Å². The molecule has 35 heavy (non-hydrogen) atoms. The molecule has 3 heterocycles. The fraction of sp³-hybridized carbons (Fsp3) is 0.440. The second-order valence-corrected chi connectivity index (χ2v) is 9.16. The third-order valence-electron chi connectivity index (χ3n) is 6.59. The highest BCUT2D eigenvalue weighted by atomic mass is 19.1. The van der Waals surface area contributed by atoms with E-state index < -0.39 is 5.82 Å². The van der Waals surface area contributed by atoms with E-state index >= 15 is 0 Å². The van der Waals surface area contributed by atoms with Crippen LogP contribution in [-0.2, 0) is 4.79 Å². The number of hydrogen-bond acceptors (Lipinski definition) is 6. The van der Waals surface area contributed by atoms with Crippen LogP contribution in [0.4, 0.5) is 4.39 Å². The van der Waals surface area contributed by atoms with Crippen LogP contribution in [-0.4, -0.2) is 64.5 Å². The molecule has 5 rings (SSSR count). The number of hydrogen-bond donors (Lipinski definition) is 2. The van der Waals surface area contributed by atoms with Crippen LogP contribution in [0.15, 0.2) is 24.7 Å². The van der Waals surface area contributed by atoms with Gasteiger partial charge >= 0.3 is 0 Å². The normalized spacial score (nSPS) is 17.9. The number of rotatable bonds is 7. The molecule has 1 atom stereocenters. The molecule has 0 unspecified atom stereocenters. The molecule has 0 bridgehead atoms. The Morgan fingerprint density at radius 1 is 1.23 bits per heavy atom. The Hall–Kier alpha value is -3.69. The average molecular weight is 482 g/mol. The van der Waals surface area contributed by atoms with Crippen molar-refractivity contribution in [1.29, 1.82) is 0 Å². The van der Waals surface area contributed by atoms with E-state index in [-0.39, 0.29) is 23.6 Å². The fourth-order valence-corrected chi connectivity index (χ4v) is 4.45. The lowest BCUT2D eigenvalue weighted by atomic mass is 10.0. The van der Waals surface area contributed by atoms with Crippen LogP contribution in [0.2, 0.25) is 0 Å². The molecule has 3 aromatic rings. The highest BCUT2D eigenvalue weighted by molar-refractivity contribution is 6.08. The lowest BCUT2D eigenvalue weighted by Crippen LogP contribution is -2.49. The maximum atomic E-state index is 14.5. The molecule has 2 fully saturated rings. The molecule has 1 saturated carbocycles. The molecular weight excluding hydrogens is 453 g/mol. The SMILES string of the molecule is COc1cc(-c2ncnc3c(C(=O)N[C@@H]4CCCN(C(C)=O)C4)c[nH]c23)c(OCC2CC2)cc1F. The minimum atomic E-state index is -0.522. The van der Waals surface area contributed by atoms with E-state index in [1.165, 1.54) is 26.4 Å². The molecule has 2 N–H and O–H groups in total. The van der Waals surface area contributed by atoms with Crippen LogP contribution in [0, 0.1) is 11.7 Å². The summed E-state index contributed by atoms with van der Waals surface area (Å²) in [6.45, 7) is 3.23. The molecule has 2 amide bonds. The van der Waals surface area contributed by atoms with E-state index in [1.54, 1.807) is 17.2 Å². The average Bonchev–Trinajstić information content (AvgIpc) is 3.58. The van der Waals surface area contributed by atoms with Gasteiger partial charge in [0.25, 0.3) is 5.91 Å². The number of H-pyrrole nitrogens is 1. The zero-order valence-electron chi connectivity index (χ0n) is 19.8. The zero-order valence-corrected chi connectivity index (χ0v) is 19.8. The second-order valence-electron chi connectivity index (χ2n) is 9.16. The van der Waals surface area contributed by atoms with Crippen LogP contribution in [0.5, 0.6) is 11.5 Å². The lowest BCUT2D eigenvalue weighted by molar-refractivity contribution is -0.130. The zero-order chi connectivity index (χ0) is 24.5. The number of nitrogens with one attached hydrogen (secondary N) is 2. The topological polar surface area (TPSA) is 109 Å². The molecule has 0 spiro atoms. The van der Waals surface area contributed by atoms with Crippen molar-refractivity contribution in [3.05, 3.63) is 36.0 Å². The largest absolute Gasteiger partial charge is 0.494 e. The Morgan fingerprint density at radius 3 is 2.80 bits per heavy atom. The first-order chi connectivity index (χ1) is 16.9. The summed E-state index contributed by atoms with van der Waals surface area (Å²) in [4.78, 5) is 38.5. The van der Waals surface area contributed by atoms with Gasteiger partial charge in [0.15, 0.2) is 11.6 Å². The summed E-state index contributed by atoms with van der Waals surface area (Å²) in [7, 11) is 1.40. The molecule has 1 saturated heterocycles. The fourth-order valence-electron chi connectivity index (χ4n) is 4.45. The van der Waals surface area contributed by atoms with Crippen molar-refractivity contribution >= 4 is 22.8 Å². The summed E-state index contributed by atoms with van der Waals surface area (Å²) in [5.41, 5.74) is 2.39. The Kier molecular flexibility index (Phi) is 6.27. The lowest BCUT2D eigenvalue weighted by Gasteiger charge is -2.32. The maximum Gasteiger partial charge on any atom is 0.255 e. The third-order valence-corrected chi connectivity index (χ3v) is 6.59. The van der Waals surface area contributed by atoms with E-state index in [4.69, 9.17) is 9.47 Å². The van der Waals surface area contributed by atoms with E-state index in [0.29, 0.717) is 59.2 Å². The van der Waals surface area contributed by atoms with Crippen LogP contribution >= 0.6 is 0 Å². The van der Waals surface area contributed by atoms with E-state index in [1.807, 2.05) is 0 Å². The Balaban J connectivity index is 1.46. The molecule has 10 heteroatoms. The first kappa shape index (κ1) is 23.1. The summed E-state index contributed by atoms with van der Waals surface area (Å²) in [6.07, 6.45) is 6.81. The molecule has 2 aliphatic rings. The van der Waals surface area contributed by atoms with Gasteiger partial charge in [0.1, 0.15) is 23.3 Å². The molecule has 9 nitrogen and oxygen atoms in total. The minimum absolute atomic E-state index is 0.00265. The van der Waals surface area contributed by atoms with Gasteiger partial charge in [-0.25, -0.2) is 14.4 Å². The number of likely N-dealkylation sites (tertiary alicyclic amines) is 1. The minimum Gasteiger partial charge on any atom is -0.494 e. The van der Waals surface area contributed by atoms with E-state index in [2.05, 4.69) is 20.3 Å². The number of piperidine rings is 1. The van der Waals surface area contributed by atoms with Gasteiger partial charge in [0.2, 0.25) is 5.91 Å². The summed E-state index contributed by atoms with van der Waals surface area (Å²) in [5.74, 6) is 0.120. The van der Waals surface area contributed by atoms with E-state index in [9.17, 15) is 14.0 Å². The van der Waals surface area contributed by atoms with Gasteiger partial charge < -0.3 is 24.7 Å². The molecule has 2 aromatic heterocycles. The molecule has 1 aliphatic carbocycles. The second kappa shape index (κ2) is 9.52. The van der Waals surface area contributed by atoms with Gasteiger partial charge in [0.05, 0.1) is 24.8 Å². The van der Waals surface area contributed by atoms with Gasteiger partial charge in [0, 0.05) is 43.9 Å². The maximum absolute atomic E-state index is 14.5. The van der Waals surface area contributed by atoms with Crippen molar-refractivity contribution < 1.29 is 23.5 Å². The number of halogens is 1. The number of carbonyl (C=O) groups is 2. The van der Waals surface area contributed by atoms with Crippen LogP contribution in [0.25, 0.3) is 22.3 Å². The Morgan fingerprint density at radius 2 is 2.06 bits per heavy atom. The molecular formula is C25H28FN5O4. The van der Waals surface area contributed by atoms with Crippen molar-refractivity contribution in [2.24, 2.45) is 5.92 Å². The molecule has 184 valence electrons. The Bertz CT molecular complexity index is 1270. The number of methoxy groups -OCH3 is 1. The number of ether oxygens (including phenoxy) is 2. The van der Waals surface area contributed by atoms with E-state index in [0.717, 1.165) is 25.7 Å². The van der Waals surface area contributed by atoms with Gasteiger partial charge in [-0.2, -0.15) is 0 Å². The first-order valence-electron chi connectivity index (χ1n) is 11.8. The Labute approximate surface area is 202 Å². The summed E-state index contributed by atoms with van der Waals surface area (Å²) in [5, 5.41) is 3.03. The molecule has 0 radical (unpaired) electrons. The quantitative estimate of drug-likeness (QED) is 0.536. The number of benzene rings is 1. The van der Waals surface area contributed by atoms with Crippen molar-refractivity contribution in [2.45, 2.75) is 38.6 Å². The van der Waals surface area contributed by atoms with Crippen molar-refractivity contribution in [1.82, 2.24) is 25.2 Å². The summed E-state index contributed by atoms with van der Waals surface area (Å²) < 4.78 is 25.6. The van der Waals surface area contributed by atoms with Gasteiger partial charge in [-0.05, 0) is 37.7 Å². The van der Waals surface area contributed by atoms with Gasteiger partial charge in [-0.15, -0.1) is 0 Å². The number of nitrogens with zero attached hydrogens (tertiary/aromatic N) is 3. The van der Waals surface area contributed by atoms with Gasteiger partial charge in [-0.1, -0.05) is 0 Å². The monoisotopic (exact) mass is 481 g/mol. The third kappa shape index (κ3) is 4.78. The van der Waals surface area contributed by atoms with Gasteiger partial charge in [-0.3, -0.25) is 9.59 Å². The standard InChI is InChI=1S/C25H28FN5O4/c1-14(32)31-7-3-4-16(11-31)30-25(33)18-10-27-24-22(28-13-29-23(18)24)17-8-21(34-2)19(26)9-20(17)35-12-15-5-6-15/h8-10,13,15-16,27H,3-7,11-12H2,1-2H3,(H,30,33)/t16-/m1/s1. The highest BCUT2D eigenvalue weighted by Gasteiger charge is 2.27. The number of aromatic amines is 1. The van der Waals surface area contributed by atoms with Crippen molar-refractivity contribution in [3.8, 4) is 22.8 Å². The highest BCUT2D eigenvalue weighted by Crippen LogP contribution is 2.39. The smallest absolute Gasteiger partial charge is 0.255 e. The molecule has 1 aromatic carbocycles. The first-order valence-corrected chi connectivity index (χ1v) is 11.8. The van der Waals surface area contributed by atoms with Crippen LogP contribution < -0.4 is 14.8 Å².